The molecule has 0 saturated carbocycles. The van der Waals surface area contributed by atoms with Crippen LogP contribution in [0.25, 0.3) is 0 Å². The van der Waals surface area contributed by atoms with Gasteiger partial charge in [0.1, 0.15) is 5.82 Å². The lowest BCUT2D eigenvalue weighted by molar-refractivity contribution is -0.126. The Bertz CT molecular complexity index is 484. The monoisotopic (exact) mass is 294 g/mol. The molecule has 6 heteroatoms. The van der Waals surface area contributed by atoms with E-state index in [1.165, 1.54) is 12.1 Å². The van der Waals surface area contributed by atoms with Crippen molar-refractivity contribution in [2.75, 3.05) is 19.7 Å². The van der Waals surface area contributed by atoms with E-state index in [-0.39, 0.29) is 36.7 Å². The number of benzene rings is 1. The molecule has 5 nitrogen and oxygen atoms in total. The maximum atomic E-state index is 12.7. The molecule has 114 valence electrons. The van der Waals surface area contributed by atoms with E-state index >= 15 is 0 Å². The molecular weight excluding hydrogens is 275 g/mol. The fourth-order valence-electron chi connectivity index (χ4n) is 2.12. The number of halogens is 1. The van der Waals surface area contributed by atoms with Crippen LogP contribution in [-0.2, 0) is 20.7 Å². The molecule has 0 spiro atoms. The molecule has 2 amide bonds. The van der Waals surface area contributed by atoms with Gasteiger partial charge in [0.15, 0.2) is 0 Å². The first kappa shape index (κ1) is 15.4. The van der Waals surface area contributed by atoms with Crippen LogP contribution in [0.2, 0.25) is 0 Å². The normalized spacial score (nSPS) is 17.5. The number of hydrogen-bond acceptors (Lipinski definition) is 3. The standard InChI is InChI=1S/C15H19FN2O3/c16-12-5-3-11(4-6-12)8-14(19)18-10-15(20)17-9-13-2-1-7-21-13/h3-6,13H,1-2,7-10H2,(H,17,20)(H,18,19). The highest BCUT2D eigenvalue weighted by Crippen LogP contribution is 2.10. The quantitative estimate of drug-likeness (QED) is 0.815. The Labute approximate surface area is 122 Å². The van der Waals surface area contributed by atoms with Gasteiger partial charge in [0.05, 0.1) is 19.1 Å². The average Bonchev–Trinajstić information content (AvgIpc) is 2.99. The van der Waals surface area contributed by atoms with E-state index < -0.39 is 0 Å². The van der Waals surface area contributed by atoms with Crippen molar-refractivity contribution < 1.29 is 18.7 Å². The van der Waals surface area contributed by atoms with Crippen molar-refractivity contribution in [3.8, 4) is 0 Å². The Balaban J connectivity index is 1.63. The third-order valence-electron chi connectivity index (χ3n) is 3.27. The van der Waals surface area contributed by atoms with Gasteiger partial charge in [0, 0.05) is 13.2 Å². The topological polar surface area (TPSA) is 67.4 Å². The van der Waals surface area contributed by atoms with Gasteiger partial charge in [-0.15, -0.1) is 0 Å². The van der Waals surface area contributed by atoms with Gasteiger partial charge in [-0.1, -0.05) is 12.1 Å². The smallest absolute Gasteiger partial charge is 0.239 e. The van der Waals surface area contributed by atoms with E-state index in [1.54, 1.807) is 12.1 Å². The van der Waals surface area contributed by atoms with Crippen LogP contribution >= 0.6 is 0 Å². The van der Waals surface area contributed by atoms with Crippen LogP contribution in [0, 0.1) is 5.82 Å². The number of rotatable bonds is 6. The Kier molecular flexibility index (Phi) is 5.68. The molecule has 1 saturated heterocycles. The maximum Gasteiger partial charge on any atom is 0.239 e. The number of amides is 2. The average molecular weight is 294 g/mol. The van der Waals surface area contributed by atoms with Gasteiger partial charge in [-0.05, 0) is 30.5 Å². The lowest BCUT2D eigenvalue weighted by Gasteiger charge is -2.11. The molecule has 1 aliphatic rings. The first-order valence-corrected chi connectivity index (χ1v) is 7.03. The molecule has 0 radical (unpaired) electrons. The minimum Gasteiger partial charge on any atom is -0.376 e. The lowest BCUT2D eigenvalue weighted by atomic mass is 10.1. The summed E-state index contributed by atoms with van der Waals surface area (Å²) < 4.78 is 18.1. The van der Waals surface area contributed by atoms with Crippen LogP contribution < -0.4 is 10.6 Å². The van der Waals surface area contributed by atoms with E-state index in [1.807, 2.05) is 0 Å². The highest BCUT2D eigenvalue weighted by Gasteiger charge is 2.16. The van der Waals surface area contributed by atoms with E-state index in [0.29, 0.717) is 12.1 Å². The van der Waals surface area contributed by atoms with Gasteiger partial charge in [-0.2, -0.15) is 0 Å². The fourth-order valence-corrected chi connectivity index (χ4v) is 2.12. The van der Waals surface area contributed by atoms with Crippen molar-refractivity contribution in [2.45, 2.75) is 25.4 Å². The van der Waals surface area contributed by atoms with Crippen molar-refractivity contribution in [3.63, 3.8) is 0 Å². The second-order valence-corrected chi connectivity index (χ2v) is 5.02. The molecule has 2 rings (SSSR count). The van der Waals surface area contributed by atoms with Crippen molar-refractivity contribution in [1.82, 2.24) is 10.6 Å². The summed E-state index contributed by atoms with van der Waals surface area (Å²) in [5, 5.41) is 5.26. The number of nitrogens with one attached hydrogen (secondary N) is 2. The second-order valence-electron chi connectivity index (χ2n) is 5.02. The zero-order chi connectivity index (χ0) is 15.1. The van der Waals surface area contributed by atoms with Crippen LogP contribution in [0.3, 0.4) is 0 Å². The molecule has 1 aromatic carbocycles. The molecule has 0 aliphatic carbocycles. The molecular formula is C15H19FN2O3. The van der Waals surface area contributed by atoms with Crippen molar-refractivity contribution in [1.29, 1.82) is 0 Å². The maximum absolute atomic E-state index is 12.7. The van der Waals surface area contributed by atoms with Crippen molar-refractivity contribution >= 4 is 11.8 Å². The summed E-state index contributed by atoms with van der Waals surface area (Å²) in [4.78, 5) is 23.2. The summed E-state index contributed by atoms with van der Waals surface area (Å²) in [7, 11) is 0. The van der Waals surface area contributed by atoms with E-state index in [9.17, 15) is 14.0 Å². The summed E-state index contributed by atoms with van der Waals surface area (Å²) in [5.41, 5.74) is 0.702. The van der Waals surface area contributed by atoms with Gasteiger partial charge in [0.2, 0.25) is 11.8 Å². The van der Waals surface area contributed by atoms with Crippen LogP contribution in [0.5, 0.6) is 0 Å². The molecule has 1 aliphatic heterocycles. The van der Waals surface area contributed by atoms with Gasteiger partial charge in [0.25, 0.3) is 0 Å². The summed E-state index contributed by atoms with van der Waals surface area (Å²) in [6.45, 7) is 1.16. The van der Waals surface area contributed by atoms with Gasteiger partial charge < -0.3 is 15.4 Å². The molecule has 0 aromatic heterocycles. The van der Waals surface area contributed by atoms with E-state index in [2.05, 4.69) is 10.6 Å². The zero-order valence-electron chi connectivity index (χ0n) is 11.7. The van der Waals surface area contributed by atoms with E-state index in [0.717, 1.165) is 19.4 Å². The molecule has 0 bridgehead atoms. The molecule has 21 heavy (non-hydrogen) atoms. The van der Waals surface area contributed by atoms with Gasteiger partial charge in [-0.25, -0.2) is 4.39 Å². The number of hydrogen-bond donors (Lipinski definition) is 2. The summed E-state index contributed by atoms with van der Waals surface area (Å²) in [5.74, 6) is -0.848. The molecule has 1 unspecified atom stereocenters. The fraction of sp³-hybridized carbons (Fsp3) is 0.467. The Hall–Kier alpha value is -1.95. The highest BCUT2D eigenvalue weighted by atomic mass is 19.1. The second kappa shape index (κ2) is 7.73. The van der Waals surface area contributed by atoms with Crippen LogP contribution in [-0.4, -0.2) is 37.6 Å². The number of carbonyl (C=O) groups is 2. The van der Waals surface area contributed by atoms with Crippen LogP contribution in [0.4, 0.5) is 4.39 Å². The Morgan fingerprint density at radius 3 is 2.62 bits per heavy atom. The molecule has 1 heterocycles. The number of ether oxygens (including phenoxy) is 1. The highest BCUT2D eigenvalue weighted by molar-refractivity contribution is 5.85. The first-order chi connectivity index (χ1) is 10.1. The molecule has 1 atom stereocenters. The third kappa shape index (κ3) is 5.51. The molecule has 2 N–H and O–H groups in total. The predicted molar refractivity (Wildman–Crippen MR) is 75.1 cm³/mol. The SMILES string of the molecule is O=C(CNC(=O)Cc1ccc(F)cc1)NCC1CCCO1. The first-order valence-electron chi connectivity index (χ1n) is 7.03. The Morgan fingerprint density at radius 2 is 1.95 bits per heavy atom. The minimum atomic E-state index is -0.340. The number of carbonyl (C=O) groups excluding carboxylic acids is 2. The Morgan fingerprint density at radius 1 is 1.19 bits per heavy atom. The van der Waals surface area contributed by atoms with E-state index in [4.69, 9.17) is 4.74 Å². The molecule has 1 aromatic rings. The lowest BCUT2D eigenvalue weighted by Crippen LogP contribution is -2.40. The van der Waals surface area contributed by atoms with Crippen molar-refractivity contribution in [2.24, 2.45) is 0 Å². The summed E-state index contributed by atoms with van der Waals surface area (Å²) in [6, 6.07) is 5.70. The van der Waals surface area contributed by atoms with Gasteiger partial charge in [-0.3, -0.25) is 9.59 Å². The van der Waals surface area contributed by atoms with Crippen molar-refractivity contribution in [3.05, 3.63) is 35.6 Å². The third-order valence-corrected chi connectivity index (χ3v) is 3.27. The van der Waals surface area contributed by atoms with Crippen LogP contribution in [0.15, 0.2) is 24.3 Å². The zero-order valence-corrected chi connectivity index (χ0v) is 11.7. The largest absolute Gasteiger partial charge is 0.376 e. The van der Waals surface area contributed by atoms with Crippen LogP contribution in [0.1, 0.15) is 18.4 Å². The minimum absolute atomic E-state index is 0.0627. The predicted octanol–water partition coefficient (Wildman–Crippen LogP) is 0.780. The van der Waals surface area contributed by atoms with Gasteiger partial charge >= 0.3 is 0 Å². The summed E-state index contributed by atoms with van der Waals surface area (Å²) >= 11 is 0. The molecule has 1 fully saturated rings. The summed E-state index contributed by atoms with van der Waals surface area (Å²) in [6.07, 6.45) is 2.19.